The van der Waals surface area contributed by atoms with E-state index in [0.29, 0.717) is 11.0 Å². The van der Waals surface area contributed by atoms with Crippen LogP contribution < -0.4 is 0 Å². The summed E-state index contributed by atoms with van der Waals surface area (Å²) < 4.78 is 20.6. The van der Waals surface area contributed by atoms with Crippen LogP contribution in [-0.2, 0) is 4.79 Å². The van der Waals surface area contributed by atoms with E-state index in [9.17, 15) is 9.18 Å². The number of para-hydroxylation sites is 1. The minimum Gasteiger partial charge on any atom is -0.469 e. The number of aromatic nitrogens is 3. The van der Waals surface area contributed by atoms with Crippen LogP contribution in [0.25, 0.3) is 17.1 Å². The predicted octanol–water partition coefficient (Wildman–Crippen LogP) is 5.29. The van der Waals surface area contributed by atoms with Gasteiger partial charge in [0.05, 0.1) is 23.6 Å². The molecular formula is C24H23FN4O2S. The van der Waals surface area contributed by atoms with Crippen LogP contribution >= 0.6 is 11.8 Å². The third kappa shape index (κ3) is 4.45. The van der Waals surface area contributed by atoms with Gasteiger partial charge in [-0.3, -0.25) is 9.36 Å². The maximum Gasteiger partial charge on any atom is 0.233 e. The van der Waals surface area contributed by atoms with Crippen molar-refractivity contribution in [2.24, 2.45) is 0 Å². The van der Waals surface area contributed by atoms with Crippen molar-refractivity contribution in [3.63, 3.8) is 0 Å². The van der Waals surface area contributed by atoms with Crippen LogP contribution in [0.5, 0.6) is 0 Å². The van der Waals surface area contributed by atoms with Gasteiger partial charge >= 0.3 is 0 Å². The Morgan fingerprint density at radius 3 is 2.50 bits per heavy atom. The lowest BCUT2D eigenvalue weighted by atomic mass is 10.1. The summed E-state index contributed by atoms with van der Waals surface area (Å²) in [7, 11) is 1.75. The largest absolute Gasteiger partial charge is 0.469 e. The monoisotopic (exact) mass is 450 g/mol. The number of nitrogens with zero attached hydrogens (tertiary/aromatic N) is 4. The molecule has 0 spiro atoms. The van der Waals surface area contributed by atoms with Crippen molar-refractivity contribution in [1.82, 2.24) is 19.7 Å². The summed E-state index contributed by atoms with van der Waals surface area (Å²) in [6, 6.07) is 17.6. The second-order valence-corrected chi connectivity index (χ2v) is 8.33. The Morgan fingerprint density at radius 1 is 1.12 bits per heavy atom. The lowest BCUT2D eigenvalue weighted by Gasteiger charge is -2.25. The minimum atomic E-state index is -0.297. The molecule has 1 amide bonds. The molecule has 1 atom stereocenters. The fraction of sp³-hybridized carbons (Fsp3) is 0.208. The molecule has 0 aliphatic rings. The van der Waals surface area contributed by atoms with E-state index in [2.05, 4.69) is 10.2 Å². The normalized spacial score (nSPS) is 12.0. The lowest BCUT2D eigenvalue weighted by Crippen LogP contribution is -2.31. The zero-order chi connectivity index (χ0) is 22.7. The molecule has 8 heteroatoms. The number of furan rings is 1. The molecule has 0 saturated heterocycles. The maximum atomic E-state index is 13.2. The Morgan fingerprint density at radius 2 is 1.84 bits per heavy atom. The third-order valence-electron chi connectivity index (χ3n) is 5.40. The first-order valence-corrected chi connectivity index (χ1v) is 11.1. The Bertz CT molecular complexity index is 1200. The standard InChI is InChI=1S/C24H23FN4O2S/c1-16(18-9-11-19(25)12-10-18)28(3)22(30)15-32-24-27-26-23(21-13-14-31-17(21)2)29(24)20-7-5-4-6-8-20/h4-14,16H,15H2,1-3H3. The van der Waals surface area contributed by atoms with Gasteiger partial charge in [0.25, 0.3) is 0 Å². The average molecular weight is 451 g/mol. The van der Waals surface area contributed by atoms with Crippen molar-refractivity contribution >= 4 is 17.7 Å². The van der Waals surface area contributed by atoms with E-state index in [-0.39, 0.29) is 23.5 Å². The second kappa shape index (κ2) is 9.40. The zero-order valence-electron chi connectivity index (χ0n) is 18.0. The Hall–Kier alpha value is -3.39. The number of carbonyl (C=O) groups is 1. The lowest BCUT2D eigenvalue weighted by molar-refractivity contribution is -0.128. The predicted molar refractivity (Wildman–Crippen MR) is 122 cm³/mol. The van der Waals surface area contributed by atoms with Crippen LogP contribution in [0.15, 0.2) is 76.5 Å². The Kier molecular flexibility index (Phi) is 6.41. The van der Waals surface area contributed by atoms with E-state index in [1.54, 1.807) is 30.3 Å². The van der Waals surface area contributed by atoms with Gasteiger partial charge < -0.3 is 9.32 Å². The molecule has 6 nitrogen and oxygen atoms in total. The first kappa shape index (κ1) is 21.8. The van der Waals surface area contributed by atoms with Gasteiger partial charge in [0.15, 0.2) is 11.0 Å². The van der Waals surface area contributed by atoms with Crippen LogP contribution in [0.4, 0.5) is 4.39 Å². The molecule has 0 radical (unpaired) electrons. The molecular weight excluding hydrogens is 427 g/mol. The van der Waals surface area contributed by atoms with Gasteiger partial charge in [-0.25, -0.2) is 4.39 Å². The summed E-state index contributed by atoms with van der Waals surface area (Å²) >= 11 is 1.32. The number of rotatable bonds is 7. The summed E-state index contributed by atoms with van der Waals surface area (Å²) in [6.07, 6.45) is 1.62. The number of benzene rings is 2. The van der Waals surface area contributed by atoms with Gasteiger partial charge in [-0.1, -0.05) is 42.1 Å². The molecule has 0 saturated carbocycles. The van der Waals surface area contributed by atoms with E-state index in [1.165, 1.54) is 23.9 Å². The van der Waals surface area contributed by atoms with Gasteiger partial charge in [0, 0.05) is 12.7 Å². The quantitative estimate of drug-likeness (QED) is 0.358. The van der Waals surface area contributed by atoms with Crippen molar-refractivity contribution in [3.05, 3.63) is 84.1 Å². The molecule has 0 fully saturated rings. The first-order valence-electron chi connectivity index (χ1n) is 10.1. The Balaban J connectivity index is 1.55. The van der Waals surface area contributed by atoms with E-state index in [1.807, 2.05) is 54.8 Å². The topological polar surface area (TPSA) is 64.2 Å². The number of thioether (sulfide) groups is 1. The summed E-state index contributed by atoms with van der Waals surface area (Å²) in [4.78, 5) is 14.6. The van der Waals surface area contributed by atoms with Gasteiger partial charge in [-0.2, -0.15) is 0 Å². The van der Waals surface area contributed by atoms with Crippen molar-refractivity contribution in [2.75, 3.05) is 12.8 Å². The van der Waals surface area contributed by atoms with Gasteiger partial charge in [0.1, 0.15) is 11.6 Å². The van der Waals surface area contributed by atoms with Crippen molar-refractivity contribution < 1.29 is 13.6 Å². The fourth-order valence-corrected chi connectivity index (χ4v) is 4.25. The van der Waals surface area contributed by atoms with Crippen molar-refractivity contribution in [3.8, 4) is 17.1 Å². The highest BCUT2D eigenvalue weighted by atomic mass is 32.2. The smallest absolute Gasteiger partial charge is 0.233 e. The van der Waals surface area contributed by atoms with Gasteiger partial charge in [0.2, 0.25) is 5.91 Å². The Labute approximate surface area is 190 Å². The number of halogens is 1. The highest BCUT2D eigenvalue weighted by Gasteiger charge is 2.22. The highest BCUT2D eigenvalue weighted by Crippen LogP contribution is 2.30. The average Bonchev–Trinajstić information content (AvgIpc) is 3.43. The third-order valence-corrected chi connectivity index (χ3v) is 6.31. The SMILES string of the molecule is Cc1occc1-c1nnc(SCC(=O)N(C)C(C)c2ccc(F)cc2)n1-c1ccccc1. The first-order chi connectivity index (χ1) is 15.5. The van der Waals surface area contributed by atoms with Crippen LogP contribution in [0.1, 0.15) is 24.3 Å². The molecule has 32 heavy (non-hydrogen) atoms. The van der Waals surface area contributed by atoms with Crippen LogP contribution in [0.3, 0.4) is 0 Å². The number of amides is 1. The maximum absolute atomic E-state index is 13.2. The van der Waals surface area contributed by atoms with Crippen molar-refractivity contribution in [1.29, 1.82) is 0 Å². The molecule has 2 heterocycles. The van der Waals surface area contributed by atoms with Gasteiger partial charge in [-0.15, -0.1) is 10.2 Å². The molecule has 0 bridgehead atoms. The number of aryl methyl sites for hydroxylation is 1. The van der Waals surface area contributed by atoms with Crippen LogP contribution in [0, 0.1) is 12.7 Å². The zero-order valence-corrected chi connectivity index (χ0v) is 18.8. The minimum absolute atomic E-state index is 0.0597. The summed E-state index contributed by atoms with van der Waals surface area (Å²) in [5.41, 5.74) is 2.62. The van der Waals surface area contributed by atoms with Gasteiger partial charge in [-0.05, 0) is 49.7 Å². The molecule has 2 aromatic carbocycles. The van der Waals surface area contributed by atoms with E-state index in [0.717, 1.165) is 22.6 Å². The number of carbonyl (C=O) groups excluding carboxylic acids is 1. The van der Waals surface area contributed by atoms with Crippen molar-refractivity contribution in [2.45, 2.75) is 25.0 Å². The molecule has 0 aliphatic carbocycles. The molecule has 0 aliphatic heterocycles. The molecule has 4 aromatic rings. The van der Waals surface area contributed by atoms with Crippen LogP contribution in [-0.4, -0.2) is 38.4 Å². The van der Waals surface area contributed by atoms with Crippen LogP contribution in [0.2, 0.25) is 0 Å². The second-order valence-electron chi connectivity index (χ2n) is 7.39. The molecule has 1 unspecified atom stereocenters. The van der Waals surface area contributed by atoms with E-state index in [4.69, 9.17) is 4.42 Å². The molecule has 164 valence electrons. The number of hydrogen-bond acceptors (Lipinski definition) is 5. The highest BCUT2D eigenvalue weighted by molar-refractivity contribution is 7.99. The molecule has 2 aromatic heterocycles. The molecule has 0 N–H and O–H groups in total. The van der Waals surface area contributed by atoms with E-state index >= 15 is 0 Å². The van der Waals surface area contributed by atoms with E-state index < -0.39 is 0 Å². The summed E-state index contributed by atoms with van der Waals surface area (Å²) in [6.45, 7) is 3.80. The fourth-order valence-electron chi connectivity index (χ4n) is 3.37. The number of hydrogen-bond donors (Lipinski definition) is 0. The summed E-state index contributed by atoms with van der Waals surface area (Å²) in [5.74, 6) is 1.24. The molecule has 4 rings (SSSR count). The summed E-state index contributed by atoms with van der Waals surface area (Å²) in [5, 5.41) is 9.35.